The number of rotatable bonds is 4. The van der Waals surface area contributed by atoms with Gasteiger partial charge in [-0.1, -0.05) is 19.9 Å². The summed E-state index contributed by atoms with van der Waals surface area (Å²) in [6.45, 7) is 12.5. The lowest BCUT2D eigenvalue weighted by atomic mass is 9.85. The van der Waals surface area contributed by atoms with Crippen LogP contribution in [0.3, 0.4) is 0 Å². The van der Waals surface area contributed by atoms with Gasteiger partial charge in [0.15, 0.2) is 11.6 Å². The van der Waals surface area contributed by atoms with Crippen LogP contribution in [0.15, 0.2) is 41.4 Å². The molecule has 1 atom stereocenters. The molecule has 2 aliphatic rings. The number of ether oxygens (including phenoxy) is 1. The van der Waals surface area contributed by atoms with E-state index in [1.165, 1.54) is 10.9 Å². The maximum absolute atomic E-state index is 13.3. The first-order chi connectivity index (χ1) is 16.9. The predicted octanol–water partition coefficient (Wildman–Crippen LogP) is 4.32. The Balaban J connectivity index is 1.57. The number of aromatic nitrogens is 3. The van der Waals surface area contributed by atoms with Gasteiger partial charge in [0.1, 0.15) is 28.6 Å². The largest absolute Gasteiger partial charge is 0.444 e. The van der Waals surface area contributed by atoms with Crippen LogP contribution in [-0.2, 0) is 9.53 Å². The smallest absolute Gasteiger partial charge is 0.410 e. The molecular formula is C26H33FN6O3. The van der Waals surface area contributed by atoms with E-state index in [0.29, 0.717) is 37.4 Å². The van der Waals surface area contributed by atoms with Crippen molar-refractivity contribution in [2.75, 3.05) is 13.1 Å². The van der Waals surface area contributed by atoms with Crippen molar-refractivity contribution in [3.63, 3.8) is 0 Å². The van der Waals surface area contributed by atoms with Crippen LogP contribution in [0.25, 0.3) is 5.82 Å². The summed E-state index contributed by atoms with van der Waals surface area (Å²) in [6.07, 6.45) is 4.76. The van der Waals surface area contributed by atoms with E-state index in [1.807, 2.05) is 52.5 Å². The van der Waals surface area contributed by atoms with Crippen molar-refractivity contribution in [3.8, 4) is 5.82 Å². The van der Waals surface area contributed by atoms with Crippen molar-refractivity contribution < 1.29 is 18.7 Å². The molecule has 1 spiro atoms. The fraction of sp³-hybridized carbons (Fsp3) is 0.538. The molecule has 2 aromatic heterocycles. The molecule has 0 N–H and O–H groups in total. The molecule has 10 heteroatoms. The first-order valence-corrected chi connectivity index (χ1v) is 12.2. The van der Waals surface area contributed by atoms with Gasteiger partial charge in [0.2, 0.25) is 0 Å². The zero-order chi connectivity index (χ0) is 26.3. The highest BCUT2D eigenvalue weighted by molar-refractivity contribution is 5.92. The second-order valence-corrected chi connectivity index (χ2v) is 10.7. The maximum atomic E-state index is 13.3. The number of hydrogen-bond acceptors (Lipinski definition) is 7. The highest BCUT2D eigenvalue weighted by Gasteiger charge is 2.50. The molecule has 4 heterocycles. The number of likely N-dealkylation sites (tertiary alicyclic amines) is 1. The number of amides is 1. The van der Waals surface area contributed by atoms with Gasteiger partial charge in [0.05, 0.1) is 18.4 Å². The molecule has 4 rings (SSSR count). The SMILES string of the molecule is CC(C)C1=NC2(CCN(C(=O)OC(C)(C)C)CC2)C(=C=O)N1C(C)c1ccc(-n2cc(F)cn2)nc1. The van der Waals surface area contributed by atoms with Crippen molar-refractivity contribution >= 4 is 17.9 Å². The van der Waals surface area contributed by atoms with Gasteiger partial charge in [-0.05, 0) is 52.2 Å². The van der Waals surface area contributed by atoms with Crippen LogP contribution in [0.2, 0.25) is 0 Å². The van der Waals surface area contributed by atoms with Gasteiger partial charge in [-0.25, -0.2) is 23.6 Å². The number of carbonyl (C=O) groups excluding carboxylic acids is 2. The Bertz CT molecular complexity index is 1200. The number of aliphatic imine (C=N–C) groups is 1. The topological polar surface area (TPSA) is 92.9 Å². The predicted molar refractivity (Wildman–Crippen MR) is 133 cm³/mol. The lowest BCUT2D eigenvalue weighted by Crippen LogP contribution is -2.48. The quantitative estimate of drug-likeness (QED) is 0.586. The van der Waals surface area contributed by atoms with Gasteiger partial charge in [0, 0.05) is 25.2 Å². The molecule has 9 nitrogen and oxygen atoms in total. The molecule has 36 heavy (non-hydrogen) atoms. The second-order valence-electron chi connectivity index (χ2n) is 10.7. The molecule has 0 saturated carbocycles. The number of amidine groups is 1. The minimum absolute atomic E-state index is 0.0679. The summed E-state index contributed by atoms with van der Waals surface area (Å²) in [6, 6.07) is 3.42. The molecule has 1 fully saturated rings. The Morgan fingerprint density at radius 1 is 1.17 bits per heavy atom. The standard InChI is InChI=1S/C26H33FN6O3/c1-17(2)23-30-26(9-11-31(12-10-26)24(35)36-25(4,5)6)21(16-34)33(23)18(3)19-7-8-22(28-13-19)32-15-20(27)14-29-32/h7-8,13-15,17-18H,9-12H2,1-6H3. The third-order valence-electron chi connectivity index (χ3n) is 6.54. The van der Waals surface area contributed by atoms with Crippen molar-refractivity contribution in [1.82, 2.24) is 24.6 Å². The van der Waals surface area contributed by atoms with E-state index in [0.717, 1.165) is 17.6 Å². The molecule has 0 aliphatic carbocycles. The highest BCUT2D eigenvalue weighted by Crippen LogP contribution is 2.44. The Morgan fingerprint density at radius 3 is 2.36 bits per heavy atom. The summed E-state index contributed by atoms with van der Waals surface area (Å²) >= 11 is 0. The minimum atomic E-state index is -0.728. The average Bonchev–Trinajstić information content (AvgIpc) is 3.39. The Morgan fingerprint density at radius 2 is 1.86 bits per heavy atom. The van der Waals surface area contributed by atoms with Crippen LogP contribution in [0.1, 0.15) is 66.0 Å². The summed E-state index contributed by atoms with van der Waals surface area (Å²) in [4.78, 5) is 38.1. The lowest BCUT2D eigenvalue weighted by molar-refractivity contribution is 0.0181. The molecule has 1 unspecified atom stereocenters. The van der Waals surface area contributed by atoms with Gasteiger partial charge < -0.3 is 14.5 Å². The van der Waals surface area contributed by atoms with Gasteiger partial charge in [-0.2, -0.15) is 5.10 Å². The molecule has 2 aliphatic heterocycles. The molecule has 0 aromatic carbocycles. The molecular weight excluding hydrogens is 463 g/mol. The van der Waals surface area contributed by atoms with Crippen molar-refractivity contribution in [2.45, 2.75) is 71.6 Å². The van der Waals surface area contributed by atoms with E-state index >= 15 is 0 Å². The van der Waals surface area contributed by atoms with Crippen molar-refractivity contribution in [2.24, 2.45) is 10.9 Å². The molecule has 0 radical (unpaired) electrons. The summed E-state index contributed by atoms with van der Waals surface area (Å²) < 4.78 is 20.2. The number of pyridine rings is 1. The van der Waals surface area contributed by atoms with Crippen LogP contribution in [0, 0.1) is 11.7 Å². The van der Waals surface area contributed by atoms with Crippen LogP contribution in [-0.4, -0.2) is 66.7 Å². The lowest BCUT2D eigenvalue weighted by Gasteiger charge is -2.39. The first-order valence-electron chi connectivity index (χ1n) is 12.2. The summed E-state index contributed by atoms with van der Waals surface area (Å²) in [5, 5.41) is 3.95. The van der Waals surface area contributed by atoms with Crippen LogP contribution < -0.4 is 0 Å². The third kappa shape index (κ3) is 4.91. The summed E-state index contributed by atoms with van der Waals surface area (Å²) in [5.74, 6) is 3.13. The Kier molecular flexibility index (Phi) is 6.75. The second kappa shape index (κ2) is 9.50. The van der Waals surface area contributed by atoms with Gasteiger partial charge >= 0.3 is 6.09 Å². The van der Waals surface area contributed by atoms with E-state index in [-0.39, 0.29) is 18.1 Å². The monoisotopic (exact) mass is 496 g/mol. The van der Waals surface area contributed by atoms with E-state index in [9.17, 15) is 14.0 Å². The van der Waals surface area contributed by atoms with E-state index in [1.54, 1.807) is 17.2 Å². The molecule has 192 valence electrons. The number of carbonyl (C=O) groups is 1. The van der Waals surface area contributed by atoms with E-state index in [2.05, 4.69) is 16.0 Å². The maximum Gasteiger partial charge on any atom is 0.410 e. The van der Waals surface area contributed by atoms with E-state index < -0.39 is 17.0 Å². The average molecular weight is 497 g/mol. The number of hydrogen-bond donors (Lipinski definition) is 0. The fourth-order valence-electron chi connectivity index (χ4n) is 4.70. The molecule has 1 amide bonds. The summed E-state index contributed by atoms with van der Waals surface area (Å²) in [7, 11) is 0. The van der Waals surface area contributed by atoms with Crippen molar-refractivity contribution in [3.05, 3.63) is 47.8 Å². The number of nitrogens with zero attached hydrogens (tertiary/aromatic N) is 6. The van der Waals surface area contributed by atoms with Crippen LogP contribution in [0.5, 0.6) is 0 Å². The zero-order valence-corrected chi connectivity index (χ0v) is 21.7. The highest BCUT2D eigenvalue weighted by atomic mass is 19.1. The molecule has 1 saturated heterocycles. The molecule has 0 bridgehead atoms. The van der Waals surface area contributed by atoms with Gasteiger partial charge in [-0.3, -0.25) is 4.99 Å². The first kappa shape index (κ1) is 25.6. The normalized spacial score (nSPS) is 18.4. The van der Waals surface area contributed by atoms with Gasteiger partial charge in [0.25, 0.3) is 0 Å². The number of piperidine rings is 1. The van der Waals surface area contributed by atoms with Crippen molar-refractivity contribution in [1.29, 1.82) is 0 Å². The Hall–Kier alpha value is -3.52. The van der Waals surface area contributed by atoms with Gasteiger partial charge in [-0.15, -0.1) is 0 Å². The molecule has 2 aromatic rings. The minimum Gasteiger partial charge on any atom is -0.444 e. The summed E-state index contributed by atoms with van der Waals surface area (Å²) in [5.41, 5.74) is 0.0581. The van der Waals surface area contributed by atoms with Crippen LogP contribution >= 0.6 is 0 Å². The van der Waals surface area contributed by atoms with Crippen LogP contribution in [0.4, 0.5) is 9.18 Å². The Labute approximate surface area is 210 Å². The van der Waals surface area contributed by atoms with E-state index in [4.69, 9.17) is 9.73 Å². The fourth-order valence-corrected chi connectivity index (χ4v) is 4.70. The zero-order valence-electron chi connectivity index (χ0n) is 21.7. The third-order valence-corrected chi connectivity index (χ3v) is 6.54. The number of halogens is 1.